The highest BCUT2D eigenvalue weighted by Crippen LogP contribution is 2.42. The SMILES string of the molecule is CC(C)(C)c1cc(N=Cc2ccc(O)c(O)c2O)cc(C(C)(C)C)c1O. The van der Waals surface area contributed by atoms with Crippen molar-refractivity contribution in [3.8, 4) is 23.0 Å². The summed E-state index contributed by atoms with van der Waals surface area (Å²) in [4.78, 5) is 4.41. The first kappa shape index (κ1) is 19.6. The third-order valence-electron chi connectivity index (χ3n) is 4.22. The highest BCUT2D eigenvalue weighted by atomic mass is 16.3. The Hall–Kier alpha value is -2.69. The van der Waals surface area contributed by atoms with E-state index in [1.54, 1.807) is 0 Å². The Balaban J connectivity index is 2.58. The maximum atomic E-state index is 10.7. The highest BCUT2D eigenvalue weighted by Gasteiger charge is 2.26. The maximum Gasteiger partial charge on any atom is 0.200 e. The summed E-state index contributed by atoms with van der Waals surface area (Å²) in [5.41, 5.74) is 1.95. The molecule has 0 heterocycles. The van der Waals surface area contributed by atoms with Crippen LogP contribution in [-0.4, -0.2) is 26.6 Å². The average Bonchev–Trinajstić information content (AvgIpc) is 2.50. The van der Waals surface area contributed by atoms with Crippen LogP contribution in [0.4, 0.5) is 5.69 Å². The van der Waals surface area contributed by atoms with Crippen molar-refractivity contribution in [2.75, 3.05) is 0 Å². The van der Waals surface area contributed by atoms with Crippen molar-refractivity contribution < 1.29 is 20.4 Å². The molecule has 0 bridgehead atoms. The van der Waals surface area contributed by atoms with E-state index in [-0.39, 0.29) is 22.1 Å². The second kappa shape index (κ2) is 6.56. The monoisotopic (exact) mass is 357 g/mol. The molecule has 0 fully saturated rings. The van der Waals surface area contributed by atoms with Crippen molar-refractivity contribution in [1.82, 2.24) is 0 Å². The number of benzene rings is 2. The van der Waals surface area contributed by atoms with Gasteiger partial charge in [-0.15, -0.1) is 0 Å². The highest BCUT2D eigenvalue weighted by molar-refractivity contribution is 5.87. The van der Waals surface area contributed by atoms with Gasteiger partial charge in [-0.25, -0.2) is 0 Å². The Labute approximate surface area is 154 Å². The Kier molecular flexibility index (Phi) is 4.95. The van der Waals surface area contributed by atoms with Crippen molar-refractivity contribution in [2.45, 2.75) is 52.4 Å². The van der Waals surface area contributed by atoms with E-state index in [2.05, 4.69) is 4.99 Å². The number of phenols is 4. The molecule has 0 saturated heterocycles. The lowest BCUT2D eigenvalue weighted by molar-refractivity contribution is 0.367. The average molecular weight is 357 g/mol. The van der Waals surface area contributed by atoms with Gasteiger partial charge in [0, 0.05) is 22.9 Å². The molecule has 0 aliphatic rings. The Bertz CT molecular complexity index is 821. The second-order valence-electron chi connectivity index (χ2n) is 8.52. The Morgan fingerprint density at radius 3 is 1.69 bits per heavy atom. The molecule has 0 spiro atoms. The lowest BCUT2D eigenvalue weighted by atomic mass is 9.79. The van der Waals surface area contributed by atoms with Gasteiger partial charge in [-0.1, -0.05) is 41.5 Å². The van der Waals surface area contributed by atoms with Crippen LogP contribution in [0, 0.1) is 0 Å². The number of hydrogen-bond acceptors (Lipinski definition) is 5. The summed E-state index contributed by atoms with van der Waals surface area (Å²) in [6.07, 6.45) is 1.42. The summed E-state index contributed by atoms with van der Waals surface area (Å²) in [5.74, 6) is -1.13. The van der Waals surface area contributed by atoms with E-state index in [0.29, 0.717) is 5.69 Å². The Morgan fingerprint density at radius 2 is 1.23 bits per heavy atom. The normalized spacial score (nSPS) is 12.7. The summed E-state index contributed by atoms with van der Waals surface area (Å²) in [5, 5.41) is 39.7. The predicted octanol–water partition coefficient (Wildman–Crippen LogP) is 4.85. The van der Waals surface area contributed by atoms with E-state index >= 15 is 0 Å². The van der Waals surface area contributed by atoms with Crippen molar-refractivity contribution in [3.63, 3.8) is 0 Å². The lowest BCUT2D eigenvalue weighted by Gasteiger charge is -2.27. The number of nitrogens with zero attached hydrogens (tertiary/aromatic N) is 1. The standard InChI is InChI=1S/C21H27NO4/c1-20(2,3)14-9-13(10-15(18(14)25)21(4,5)6)22-11-12-7-8-16(23)19(26)17(12)24/h7-11,23-26H,1-6H3. The van der Waals surface area contributed by atoms with Crippen LogP contribution in [0.25, 0.3) is 0 Å². The lowest BCUT2D eigenvalue weighted by Crippen LogP contribution is -2.16. The van der Waals surface area contributed by atoms with Crippen LogP contribution in [0.15, 0.2) is 29.3 Å². The van der Waals surface area contributed by atoms with Gasteiger partial charge in [-0.05, 0) is 35.1 Å². The first-order chi connectivity index (χ1) is 11.8. The molecule has 26 heavy (non-hydrogen) atoms. The second-order valence-corrected chi connectivity index (χ2v) is 8.52. The first-order valence-electron chi connectivity index (χ1n) is 8.48. The van der Waals surface area contributed by atoms with Gasteiger partial charge in [0.05, 0.1) is 5.69 Å². The van der Waals surface area contributed by atoms with Crippen LogP contribution < -0.4 is 0 Å². The largest absolute Gasteiger partial charge is 0.507 e. The molecule has 0 aliphatic carbocycles. The minimum Gasteiger partial charge on any atom is -0.507 e. The third-order valence-corrected chi connectivity index (χ3v) is 4.22. The van der Waals surface area contributed by atoms with E-state index in [1.807, 2.05) is 53.7 Å². The molecule has 5 nitrogen and oxygen atoms in total. The molecule has 0 saturated carbocycles. The van der Waals surface area contributed by atoms with E-state index in [4.69, 9.17) is 0 Å². The molecule has 2 aromatic carbocycles. The van der Waals surface area contributed by atoms with Gasteiger partial charge >= 0.3 is 0 Å². The third kappa shape index (κ3) is 3.93. The molecule has 4 N–H and O–H groups in total. The molecule has 0 radical (unpaired) electrons. The maximum absolute atomic E-state index is 10.7. The molecule has 2 rings (SSSR count). The van der Waals surface area contributed by atoms with Crippen molar-refractivity contribution in [3.05, 3.63) is 41.0 Å². The van der Waals surface area contributed by atoms with Crippen LogP contribution in [0.3, 0.4) is 0 Å². The first-order valence-corrected chi connectivity index (χ1v) is 8.48. The van der Waals surface area contributed by atoms with Gasteiger partial charge in [0.1, 0.15) is 5.75 Å². The minimum absolute atomic E-state index is 0.269. The van der Waals surface area contributed by atoms with E-state index in [9.17, 15) is 20.4 Å². The summed E-state index contributed by atoms with van der Waals surface area (Å²) >= 11 is 0. The van der Waals surface area contributed by atoms with Crippen LogP contribution in [0.1, 0.15) is 58.2 Å². The quantitative estimate of drug-likeness (QED) is 0.456. The fraction of sp³-hybridized carbons (Fsp3) is 0.381. The van der Waals surface area contributed by atoms with E-state index in [0.717, 1.165) is 11.1 Å². The van der Waals surface area contributed by atoms with Crippen LogP contribution in [0.5, 0.6) is 23.0 Å². The number of aromatic hydroxyl groups is 4. The van der Waals surface area contributed by atoms with Crippen LogP contribution >= 0.6 is 0 Å². The molecule has 0 unspecified atom stereocenters. The zero-order valence-electron chi connectivity index (χ0n) is 16.1. The smallest absolute Gasteiger partial charge is 0.200 e. The molecule has 140 valence electrons. The van der Waals surface area contributed by atoms with Gasteiger partial charge in [0.2, 0.25) is 5.75 Å². The summed E-state index contributed by atoms with van der Waals surface area (Å²) < 4.78 is 0. The van der Waals surface area contributed by atoms with Gasteiger partial charge in [-0.2, -0.15) is 0 Å². The van der Waals surface area contributed by atoms with E-state index in [1.165, 1.54) is 18.3 Å². The molecule has 0 aliphatic heterocycles. The molecule has 0 atom stereocenters. The molecule has 5 heteroatoms. The molecular formula is C21H27NO4. The molecular weight excluding hydrogens is 330 g/mol. The zero-order valence-corrected chi connectivity index (χ0v) is 16.1. The molecule has 0 amide bonds. The van der Waals surface area contributed by atoms with Gasteiger partial charge < -0.3 is 20.4 Å². The minimum atomic E-state index is -0.578. The van der Waals surface area contributed by atoms with Gasteiger partial charge in [-0.3, -0.25) is 4.99 Å². The van der Waals surface area contributed by atoms with Gasteiger partial charge in [0.15, 0.2) is 11.5 Å². The van der Waals surface area contributed by atoms with Crippen molar-refractivity contribution in [1.29, 1.82) is 0 Å². The number of phenolic OH excluding ortho intramolecular Hbond substituents is 4. The number of rotatable bonds is 2. The van der Waals surface area contributed by atoms with Crippen LogP contribution in [0.2, 0.25) is 0 Å². The summed E-state index contributed by atoms with van der Waals surface area (Å²) in [6.45, 7) is 12.1. The summed E-state index contributed by atoms with van der Waals surface area (Å²) in [7, 11) is 0. The summed E-state index contributed by atoms with van der Waals surface area (Å²) in [6, 6.07) is 6.38. The van der Waals surface area contributed by atoms with Gasteiger partial charge in [0.25, 0.3) is 0 Å². The number of aliphatic imine (C=N–C) groups is 1. The van der Waals surface area contributed by atoms with Crippen molar-refractivity contribution in [2.24, 2.45) is 4.99 Å². The van der Waals surface area contributed by atoms with Crippen LogP contribution in [-0.2, 0) is 10.8 Å². The fourth-order valence-electron chi connectivity index (χ4n) is 2.67. The topological polar surface area (TPSA) is 93.3 Å². The predicted molar refractivity (Wildman–Crippen MR) is 104 cm³/mol. The molecule has 0 aromatic heterocycles. The number of hydrogen-bond donors (Lipinski definition) is 4. The van der Waals surface area contributed by atoms with Crippen molar-refractivity contribution >= 4 is 11.9 Å². The zero-order chi connectivity index (χ0) is 19.9. The van der Waals surface area contributed by atoms with E-state index < -0.39 is 17.2 Å². The Morgan fingerprint density at radius 1 is 0.731 bits per heavy atom. The molecule has 2 aromatic rings. The fourth-order valence-corrected chi connectivity index (χ4v) is 2.67.